The van der Waals surface area contributed by atoms with Crippen molar-refractivity contribution in [2.45, 2.75) is 19.9 Å². The molecule has 3 heterocycles. The highest BCUT2D eigenvalue weighted by molar-refractivity contribution is 5.93. The van der Waals surface area contributed by atoms with Crippen molar-refractivity contribution < 1.29 is 4.79 Å². The predicted molar refractivity (Wildman–Crippen MR) is 94.3 cm³/mol. The molecule has 1 aliphatic rings. The number of benzene rings is 1. The van der Waals surface area contributed by atoms with Crippen molar-refractivity contribution in [2.75, 3.05) is 6.54 Å². The number of hydrogen-bond donors (Lipinski definition) is 2. The third kappa shape index (κ3) is 2.98. The van der Waals surface area contributed by atoms with Gasteiger partial charge < -0.3 is 9.88 Å². The smallest absolute Gasteiger partial charge is 0.272 e. The van der Waals surface area contributed by atoms with Gasteiger partial charge in [-0.05, 0) is 30.5 Å². The van der Waals surface area contributed by atoms with Crippen LogP contribution in [0.15, 0.2) is 47.4 Å². The Balaban J connectivity index is 1.55. The number of fused-ring (bicyclic) bond motifs is 1. The fraction of sp³-hybridized carbons (Fsp3) is 0.211. The van der Waals surface area contributed by atoms with Gasteiger partial charge in [0.2, 0.25) is 5.56 Å². The molecule has 4 rings (SSSR count). The van der Waals surface area contributed by atoms with Crippen molar-refractivity contribution in [3.63, 3.8) is 0 Å². The fourth-order valence-electron chi connectivity index (χ4n) is 3.11. The molecular weight excluding hydrogens is 316 g/mol. The number of aryl methyl sites for hydroxylation is 1. The van der Waals surface area contributed by atoms with Gasteiger partial charge in [0.25, 0.3) is 5.91 Å². The Bertz CT molecular complexity index is 985. The van der Waals surface area contributed by atoms with Crippen LogP contribution < -0.4 is 5.56 Å². The van der Waals surface area contributed by atoms with Crippen LogP contribution in [0.3, 0.4) is 0 Å². The van der Waals surface area contributed by atoms with Crippen LogP contribution in [-0.4, -0.2) is 32.5 Å². The van der Waals surface area contributed by atoms with Gasteiger partial charge in [-0.1, -0.05) is 29.8 Å². The molecule has 0 spiro atoms. The number of amides is 1. The van der Waals surface area contributed by atoms with Gasteiger partial charge in [0, 0.05) is 30.9 Å². The number of nitrogens with one attached hydrogen (secondary N) is 2. The van der Waals surface area contributed by atoms with E-state index >= 15 is 0 Å². The quantitative estimate of drug-likeness (QED) is 0.754. The van der Waals surface area contributed by atoms with Crippen LogP contribution in [0.1, 0.15) is 27.2 Å². The molecule has 2 N–H and O–H groups in total. The Kier molecular flexibility index (Phi) is 3.72. The zero-order valence-electron chi connectivity index (χ0n) is 13.9. The zero-order chi connectivity index (χ0) is 17.4. The summed E-state index contributed by atoms with van der Waals surface area (Å²) in [5.41, 5.74) is 5.28. The number of hydrogen-bond acceptors (Lipinski definition) is 3. The average molecular weight is 334 g/mol. The largest absolute Gasteiger partial charge is 0.333 e. The van der Waals surface area contributed by atoms with Crippen molar-refractivity contribution in [2.24, 2.45) is 0 Å². The van der Waals surface area contributed by atoms with Gasteiger partial charge in [0.05, 0.1) is 5.69 Å². The summed E-state index contributed by atoms with van der Waals surface area (Å²) in [7, 11) is 0. The standard InChI is InChI=1S/C19H18N4O2/c1-12-2-4-13(5-3-12)16-9-17(22-21-16)19(25)23-7-6-14-8-18(24)20-10-15(14)11-23/h2-5,8-10H,6-7,11H2,1H3,(H,20,24)(H,21,22). The number of pyridine rings is 1. The number of carbonyl (C=O) groups is 1. The summed E-state index contributed by atoms with van der Waals surface area (Å²) in [6.45, 7) is 3.11. The van der Waals surface area contributed by atoms with Crippen LogP contribution in [0.2, 0.25) is 0 Å². The van der Waals surface area contributed by atoms with Gasteiger partial charge >= 0.3 is 0 Å². The first-order valence-corrected chi connectivity index (χ1v) is 8.22. The predicted octanol–water partition coefficient (Wildman–Crippen LogP) is 2.27. The molecule has 1 amide bonds. The van der Waals surface area contributed by atoms with Crippen LogP contribution in [0, 0.1) is 6.92 Å². The van der Waals surface area contributed by atoms with E-state index in [4.69, 9.17) is 0 Å². The molecule has 6 heteroatoms. The monoisotopic (exact) mass is 334 g/mol. The summed E-state index contributed by atoms with van der Waals surface area (Å²) in [5.74, 6) is -0.0808. The number of rotatable bonds is 2. The summed E-state index contributed by atoms with van der Waals surface area (Å²) in [4.78, 5) is 28.6. The van der Waals surface area contributed by atoms with Crippen LogP contribution in [0.5, 0.6) is 0 Å². The number of H-pyrrole nitrogens is 2. The Hall–Kier alpha value is -3.15. The first kappa shape index (κ1) is 15.4. The second kappa shape index (κ2) is 6.05. The molecular formula is C19H18N4O2. The molecule has 2 aromatic heterocycles. The van der Waals surface area contributed by atoms with E-state index in [-0.39, 0.29) is 11.5 Å². The van der Waals surface area contributed by atoms with Crippen molar-refractivity contribution in [3.8, 4) is 11.3 Å². The van der Waals surface area contributed by atoms with Crippen molar-refractivity contribution >= 4 is 5.91 Å². The minimum Gasteiger partial charge on any atom is -0.333 e. The molecule has 25 heavy (non-hydrogen) atoms. The molecule has 0 fully saturated rings. The maximum atomic E-state index is 12.8. The Morgan fingerprint density at radius 3 is 2.76 bits per heavy atom. The molecule has 126 valence electrons. The van der Waals surface area contributed by atoms with E-state index in [2.05, 4.69) is 15.2 Å². The third-order valence-corrected chi connectivity index (χ3v) is 4.56. The first-order chi connectivity index (χ1) is 12.1. The summed E-state index contributed by atoms with van der Waals surface area (Å²) in [6, 6.07) is 11.4. The van der Waals surface area contributed by atoms with Crippen LogP contribution in [-0.2, 0) is 13.0 Å². The molecule has 0 aliphatic carbocycles. The topological polar surface area (TPSA) is 81.9 Å². The van der Waals surface area contributed by atoms with Gasteiger partial charge in [-0.25, -0.2) is 0 Å². The van der Waals surface area contributed by atoms with Crippen molar-refractivity contribution in [1.29, 1.82) is 0 Å². The van der Waals surface area contributed by atoms with Gasteiger partial charge in [-0.3, -0.25) is 14.7 Å². The zero-order valence-corrected chi connectivity index (χ0v) is 13.9. The van der Waals surface area contributed by atoms with Crippen LogP contribution in [0.25, 0.3) is 11.3 Å². The van der Waals surface area contributed by atoms with E-state index in [9.17, 15) is 9.59 Å². The Morgan fingerprint density at radius 2 is 1.96 bits per heavy atom. The highest BCUT2D eigenvalue weighted by Gasteiger charge is 2.23. The molecule has 0 saturated heterocycles. The summed E-state index contributed by atoms with van der Waals surface area (Å²) in [5, 5.41) is 7.12. The van der Waals surface area contributed by atoms with E-state index in [0.717, 1.165) is 22.4 Å². The van der Waals surface area contributed by atoms with Gasteiger partial charge in [-0.15, -0.1) is 0 Å². The number of aromatic amines is 2. The molecule has 0 bridgehead atoms. The van der Waals surface area contributed by atoms with E-state index in [1.54, 1.807) is 23.2 Å². The minimum absolute atomic E-state index is 0.0808. The van der Waals surface area contributed by atoms with Crippen molar-refractivity contribution in [3.05, 3.63) is 75.3 Å². The molecule has 3 aromatic rings. The molecule has 6 nitrogen and oxygen atoms in total. The van der Waals surface area contributed by atoms with Crippen molar-refractivity contribution in [1.82, 2.24) is 20.1 Å². The highest BCUT2D eigenvalue weighted by atomic mass is 16.2. The summed E-state index contributed by atoms with van der Waals surface area (Å²) in [6.07, 6.45) is 2.38. The molecule has 1 aliphatic heterocycles. The third-order valence-electron chi connectivity index (χ3n) is 4.56. The lowest BCUT2D eigenvalue weighted by Gasteiger charge is -2.28. The Morgan fingerprint density at radius 1 is 1.16 bits per heavy atom. The molecule has 0 unspecified atom stereocenters. The number of nitrogens with zero attached hydrogens (tertiary/aromatic N) is 2. The number of carbonyl (C=O) groups excluding carboxylic acids is 1. The van der Waals surface area contributed by atoms with E-state index < -0.39 is 0 Å². The van der Waals surface area contributed by atoms with Gasteiger partial charge in [0.15, 0.2) is 0 Å². The normalized spacial score (nSPS) is 13.6. The van der Waals surface area contributed by atoms with Gasteiger partial charge in [-0.2, -0.15) is 5.10 Å². The SMILES string of the molecule is Cc1ccc(-c2cc(C(=O)N3CCc4cc(=O)[nH]cc4C3)[nH]n2)cc1. The van der Waals surface area contributed by atoms with E-state index in [0.29, 0.717) is 25.2 Å². The molecule has 1 aromatic carbocycles. The van der Waals surface area contributed by atoms with Gasteiger partial charge in [0.1, 0.15) is 5.69 Å². The average Bonchev–Trinajstić information content (AvgIpc) is 3.11. The summed E-state index contributed by atoms with van der Waals surface area (Å²) < 4.78 is 0. The van der Waals surface area contributed by atoms with Crippen LogP contribution >= 0.6 is 0 Å². The second-order valence-electron chi connectivity index (χ2n) is 6.36. The summed E-state index contributed by atoms with van der Waals surface area (Å²) >= 11 is 0. The van der Waals surface area contributed by atoms with E-state index in [1.807, 2.05) is 31.2 Å². The second-order valence-corrected chi connectivity index (χ2v) is 6.36. The molecule has 0 atom stereocenters. The van der Waals surface area contributed by atoms with Crippen LogP contribution in [0.4, 0.5) is 0 Å². The maximum absolute atomic E-state index is 12.8. The molecule has 0 saturated carbocycles. The highest BCUT2D eigenvalue weighted by Crippen LogP contribution is 2.21. The molecule has 0 radical (unpaired) electrons. The first-order valence-electron chi connectivity index (χ1n) is 8.22. The van der Waals surface area contributed by atoms with E-state index in [1.165, 1.54) is 5.56 Å². The lowest BCUT2D eigenvalue weighted by molar-refractivity contribution is 0.0728. The Labute approximate surface area is 144 Å². The lowest BCUT2D eigenvalue weighted by Crippen LogP contribution is -2.36. The minimum atomic E-state index is -0.102. The number of aromatic nitrogens is 3. The fourth-order valence-corrected chi connectivity index (χ4v) is 3.11. The maximum Gasteiger partial charge on any atom is 0.272 e. The lowest BCUT2D eigenvalue weighted by atomic mass is 10.0.